The highest BCUT2D eigenvalue weighted by Crippen LogP contribution is 2.29. The van der Waals surface area contributed by atoms with Crippen LogP contribution in [0.25, 0.3) is 0 Å². The summed E-state index contributed by atoms with van der Waals surface area (Å²) >= 11 is 5.75. The van der Waals surface area contributed by atoms with E-state index in [4.69, 9.17) is 11.6 Å². The van der Waals surface area contributed by atoms with Crippen LogP contribution in [0.5, 0.6) is 0 Å². The van der Waals surface area contributed by atoms with E-state index in [2.05, 4.69) is 5.32 Å². The molecule has 0 aliphatic rings. The van der Waals surface area contributed by atoms with E-state index in [9.17, 15) is 22.2 Å². The summed E-state index contributed by atoms with van der Waals surface area (Å²) in [7, 11) is -1.34. The first kappa shape index (κ1) is 19.5. The molecular weight excluding hydrogens is 375 g/mol. The lowest BCUT2D eigenvalue weighted by Crippen LogP contribution is -2.15. The summed E-state index contributed by atoms with van der Waals surface area (Å²) in [5, 5.41) is 3.21. The highest BCUT2D eigenvalue weighted by molar-refractivity contribution is 7.84. The second-order valence-corrected chi connectivity index (χ2v) is 7.30. The normalized spacial score (nSPS) is 12.6. The van der Waals surface area contributed by atoms with Gasteiger partial charge in [0.25, 0.3) is 0 Å². The number of carbonyl (C=O) groups is 1. The van der Waals surface area contributed by atoms with Crippen LogP contribution in [0, 0.1) is 0 Å². The van der Waals surface area contributed by atoms with E-state index in [1.807, 2.05) is 0 Å². The standard InChI is InChI=1S/C17H15ClF3NO2S/c18-14-5-7-15(8-6-14)22-16(23)9-10-25(24)11-12-1-3-13(4-2-12)17(19,20)21/h1-8H,9-11H2,(H,22,23). The summed E-state index contributed by atoms with van der Waals surface area (Å²) in [5.41, 5.74) is 0.372. The second-order valence-electron chi connectivity index (χ2n) is 5.29. The summed E-state index contributed by atoms with van der Waals surface area (Å²) in [6.07, 6.45) is -4.34. The molecule has 0 saturated carbocycles. The first-order valence-corrected chi connectivity index (χ1v) is 9.17. The van der Waals surface area contributed by atoms with Crippen molar-refractivity contribution in [2.45, 2.75) is 18.3 Å². The number of alkyl halides is 3. The van der Waals surface area contributed by atoms with Crippen LogP contribution in [-0.2, 0) is 27.5 Å². The highest BCUT2D eigenvalue weighted by Gasteiger charge is 2.29. The van der Waals surface area contributed by atoms with E-state index in [1.165, 1.54) is 12.1 Å². The van der Waals surface area contributed by atoms with Crippen molar-refractivity contribution in [3.8, 4) is 0 Å². The summed E-state index contributed by atoms with van der Waals surface area (Å²) < 4.78 is 49.4. The molecule has 0 aliphatic carbocycles. The van der Waals surface area contributed by atoms with Gasteiger partial charge in [0.05, 0.1) is 5.56 Å². The molecule has 0 aromatic heterocycles. The number of hydrogen-bond donors (Lipinski definition) is 1. The molecule has 1 atom stereocenters. The van der Waals surface area contributed by atoms with Crippen molar-refractivity contribution in [3.63, 3.8) is 0 Å². The Kier molecular flexibility index (Phi) is 6.61. The molecular formula is C17H15ClF3NO2S. The van der Waals surface area contributed by atoms with Crippen molar-refractivity contribution in [2.24, 2.45) is 0 Å². The van der Waals surface area contributed by atoms with E-state index in [-0.39, 0.29) is 23.8 Å². The van der Waals surface area contributed by atoms with Crippen molar-refractivity contribution in [1.82, 2.24) is 0 Å². The molecule has 2 aromatic carbocycles. The van der Waals surface area contributed by atoms with E-state index in [1.54, 1.807) is 24.3 Å². The topological polar surface area (TPSA) is 46.2 Å². The first-order valence-electron chi connectivity index (χ1n) is 7.30. The minimum atomic E-state index is -4.39. The van der Waals surface area contributed by atoms with Crippen molar-refractivity contribution >= 4 is 34.0 Å². The molecule has 0 fully saturated rings. The zero-order valence-electron chi connectivity index (χ0n) is 13.0. The predicted molar refractivity (Wildman–Crippen MR) is 92.9 cm³/mol. The first-order chi connectivity index (χ1) is 11.7. The third-order valence-electron chi connectivity index (χ3n) is 3.29. The largest absolute Gasteiger partial charge is 0.416 e. The molecule has 3 nitrogen and oxygen atoms in total. The maximum Gasteiger partial charge on any atom is 0.416 e. The minimum absolute atomic E-state index is 0.0515. The summed E-state index contributed by atoms with van der Waals surface area (Å²) in [6, 6.07) is 11.1. The van der Waals surface area contributed by atoms with E-state index < -0.39 is 22.5 Å². The zero-order chi connectivity index (χ0) is 18.4. The van der Waals surface area contributed by atoms with Crippen LogP contribution < -0.4 is 5.32 Å². The van der Waals surface area contributed by atoms with Crippen LogP contribution in [0.3, 0.4) is 0 Å². The summed E-state index contributed by atoms with van der Waals surface area (Å²) in [4.78, 5) is 11.8. The molecule has 1 unspecified atom stereocenters. The van der Waals surface area contributed by atoms with Crippen LogP contribution in [0.4, 0.5) is 18.9 Å². The van der Waals surface area contributed by atoms with Gasteiger partial charge < -0.3 is 5.32 Å². The SMILES string of the molecule is O=C(CCS(=O)Cc1ccc(C(F)(F)F)cc1)Nc1ccc(Cl)cc1. The Hall–Kier alpha value is -1.86. The fourth-order valence-electron chi connectivity index (χ4n) is 2.01. The van der Waals surface area contributed by atoms with Gasteiger partial charge in [-0.2, -0.15) is 13.2 Å². The van der Waals surface area contributed by atoms with Crippen molar-refractivity contribution in [2.75, 3.05) is 11.1 Å². The predicted octanol–water partition coefficient (Wildman–Crippen LogP) is 4.64. The Morgan fingerprint density at radius 2 is 1.64 bits per heavy atom. The number of nitrogens with one attached hydrogen (secondary N) is 1. The molecule has 0 spiro atoms. The third-order valence-corrected chi connectivity index (χ3v) is 4.86. The van der Waals surface area contributed by atoms with Gasteiger partial charge in [-0.25, -0.2) is 0 Å². The van der Waals surface area contributed by atoms with Crippen LogP contribution >= 0.6 is 11.6 Å². The summed E-state index contributed by atoms with van der Waals surface area (Å²) in [6.45, 7) is 0. The molecule has 8 heteroatoms. The number of hydrogen-bond acceptors (Lipinski definition) is 2. The van der Waals surface area contributed by atoms with Gasteiger partial charge in [-0.15, -0.1) is 0 Å². The van der Waals surface area contributed by atoms with Gasteiger partial charge in [-0.1, -0.05) is 23.7 Å². The quantitative estimate of drug-likeness (QED) is 0.782. The number of amides is 1. The number of anilines is 1. The number of rotatable bonds is 6. The van der Waals surface area contributed by atoms with Crippen LogP contribution in [0.2, 0.25) is 5.02 Å². The van der Waals surface area contributed by atoms with Crippen molar-refractivity contribution in [3.05, 3.63) is 64.7 Å². The third kappa shape index (κ3) is 6.51. The van der Waals surface area contributed by atoms with Crippen LogP contribution in [-0.4, -0.2) is 15.9 Å². The van der Waals surface area contributed by atoms with Gasteiger partial charge in [0, 0.05) is 39.4 Å². The molecule has 0 aliphatic heterocycles. The van der Waals surface area contributed by atoms with Crippen molar-refractivity contribution < 1.29 is 22.2 Å². The molecule has 1 N–H and O–H groups in total. The lowest BCUT2D eigenvalue weighted by molar-refractivity contribution is -0.137. The van der Waals surface area contributed by atoms with Gasteiger partial charge in [-0.3, -0.25) is 9.00 Å². The zero-order valence-corrected chi connectivity index (χ0v) is 14.5. The average Bonchev–Trinajstić information content (AvgIpc) is 2.55. The molecule has 0 bridgehead atoms. The Balaban J connectivity index is 1.80. The molecule has 2 rings (SSSR count). The second kappa shape index (κ2) is 8.49. The lowest BCUT2D eigenvalue weighted by atomic mass is 10.1. The Bertz CT molecular complexity index is 746. The lowest BCUT2D eigenvalue weighted by Gasteiger charge is -2.08. The Morgan fingerprint density at radius 1 is 1.04 bits per heavy atom. The van der Waals surface area contributed by atoms with E-state index in [0.717, 1.165) is 12.1 Å². The van der Waals surface area contributed by atoms with Crippen molar-refractivity contribution in [1.29, 1.82) is 0 Å². The minimum Gasteiger partial charge on any atom is -0.326 e. The number of carbonyl (C=O) groups excluding carboxylic acids is 1. The maximum absolute atomic E-state index is 12.5. The van der Waals surface area contributed by atoms with Gasteiger partial charge in [0.15, 0.2) is 0 Å². The fraction of sp³-hybridized carbons (Fsp3) is 0.235. The monoisotopic (exact) mass is 389 g/mol. The van der Waals surface area contributed by atoms with E-state index in [0.29, 0.717) is 16.3 Å². The molecule has 134 valence electrons. The maximum atomic E-state index is 12.5. The number of benzene rings is 2. The van der Waals surface area contributed by atoms with Gasteiger partial charge in [0.1, 0.15) is 0 Å². The van der Waals surface area contributed by atoms with Gasteiger partial charge in [0.2, 0.25) is 5.91 Å². The molecule has 2 aromatic rings. The van der Waals surface area contributed by atoms with Gasteiger partial charge >= 0.3 is 6.18 Å². The van der Waals surface area contributed by atoms with Crippen LogP contribution in [0.15, 0.2) is 48.5 Å². The molecule has 25 heavy (non-hydrogen) atoms. The Labute approximate surface area is 150 Å². The highest BCUT2D eigenvalue weighted by atomic mass is 35.5. The molecule has 0 heterocycles. The smallest absolute Gasteiger partial charge is 0.326 e. The molecule has 0 radical (unpaired) electrons. The molecule has 0 saturated heterocycles. The summed E-state index contributed by atoms with van der Waals surface area (Å²) in [5.74, 6) is -0.0598. The average molecular weight is 390 g/mol. The van der Waals surface area contributed by atoms with E-state index >= 15 is 0 Å². The van der Waals surface area contributed by atoms with Gasteiger partial charge in [-0.05, 0) is 42.0 Å². The number of halogens is 4. The fourth-order valence-corrected chi connectivity index (χ4v) is 3.26. The Morgan fingerprint density at radius 3 is 2.20 bits per heavy atom. The molecule has 1 amide bonds. The van der Waals surface area contributed by atoms with Crippen LogP contribution in [0.1, 0.15) is 17.5 Å².